The molecule has 0 radical (unpaired) electrons. The van der Waals surface area contributed by atoms with Gasteiger partial charge in [-0.2, -0.15) is 5.10 Å². The number of nitrogens with zero attached hydrogens (tertiary/aromatic N) is 3. The van der Waals surface area contributed by atoms with Crippen molar-refractivity contribution in [2.24, 2.45) is 5.10 Å². The Kier molecular flexibility index (Phi) is 3.14. The average molecular weight is 248 g/mol. The summed E-state index contributed by atoms with van der Waals surface area (Å²) in [5, 5.41) is 5.28. The molecule has 0 spiro atoms. The van der Waals surface area contributed by atoms with Crippen molar-refractivity contribution in [3.05, 3.63) is 66.6 Å². The second-order valence-electron chi connectivity index (χ2n) is 4.03. The number of anilines is 1. The molecule has 4 heteroatoms. The van der Waals surface area contributed by atoms with Crippen LogP contribution in [0.4, 0.5) is 5.69 Å². The van der Waals surface area contributed by atoms with Crippen LogP contribution in [-0.4, -0.2) is 16.2 Å². The van der Waals surface area contributed by atoms with Crippen LogP contribution in [0.1, 0.15) is 5.69 Å². The van der Waals surface area contributed by atoms with E-state index in [1.165, 1.54) is 0 Å². The van der Waals surface area contributed by atoms with Crippen molar-refractivity contribution >= 4 is 22.8 Å². The monoisotopic (exact) mass is 248 g/mol. The van der Waals surface area contributed by atoms with Crippen LogP contribution in [0.15, 0.2) is 66.0 Å². The van der Waals surface area contributed by atoms with E-state index < -0.39 is 0 Å². The molecular weight excluding hydrogens is 236 g/mol. The normalized spacial score (nSPS) is 10.9. The number of nitrogens with one attached hydrogen (secondary N) is 1. The van der Waals surface area contributed by atoms with Gasteiger partial charge in [-0.3, -0.25) is 10.4 Å². The highest BCUT2D eigenvalue weighted by Crippen LogP contribution is 2.10. The Morgan fingerprint density at radius 3 is 2.68 bits per heavy atom. The Morgan fingerprint density at radius 2 is 1.79 bits per heavy atom. The fourth-order valence-electron chi connectivity index (χ4n) is 1.75. The smallest absolute Gasteiger partial charge is 0.0838 e. The molecule has 0 amide bonds. The van der Waals surface area contributed by atoms with E-state index in [2.05, 4.69) is 20.5 Å². The van der Waals surface area contributed by atoms with Crippen molar-refractivity contribution in [2.45, 2.75) is 0 Å². The molecule has 0 aliphatic heterocycles. The van der Waals surface area contributed by atoms with E-state index in [1.807, 2.05) is 48.5 Å². The molecule has 0 saturated heterocycles. The zero-order chi connectivity index (χ0) is 12.9. The first kappa shape index (κ1) is 11.3. The minimum atomic E-state index is 0.820. The van der Waals surface area contributed by atoms with Gasteiger partial charge in [0.25, 0.3) is 0 Å². The standard InChI is InChI=1S/C15H12N4/c1-2-4-15-12(3-1)5-6-14(18-15)11-17-19-13-7-9-16-10-8-13/h1-11H,(H,16,19). The maximum absolute atomic E-state index is 4.50. The summed E-state index contributed by atoms with van der Waals surface area (Å²) in [5.41, 5.74) is 5.61. The predicted molar refractivity (Wildman–Crippen MR) is 77.2 cm³/mol. The molecule has 4 nitrogen and oxygen atoms in total. The minimum absolute atomic E-state index is 0.820. The Morgan fingerprint density at radius 1 is 0.947 bits per heavy atom. The van der Waals surface area contributed by atoms with Gasteiger partial charge in [0, 0.05) is 17.8 Å². The number of pyridine rings is 2. The molecule has 0 fully saturated rings. The number of hydrazone groups is 1. The van der Waals surface area contributed by atoms with E-state index in [9.17, 15) is 0 Å². The highest BCUT2D eigenvalue weighted by atomic mass is 15.3. The first-order valence-electron chi connectivity index (χ1n) is 5.97. The summed E-state index contributed by atoms with van der Waals surface area (Å²) < 4.78 is 0. The van der Waals surface area contributed by atoms with E-state index in [-0.39, 0.29) is 0 Å². The number of rotatable bonds is 3. The van der Waals surface area contributed by atoms with Gasteiger partial charge in [0.1, 0.15) is 0 Å². The van der Waals surface area contributed by atoms with Crippen molar-refractivity contribution in [1.29, 1.82) is 0 Å². The fourth-order valence-corrected chi connectivity index (χ4v) is 1.75. The number of para-hydroxylation sites is 1. The summed E-state index contributed by atoms with van der Waals surface area (Å²) in [6.45, 7) is 0. The molecule has 3 rings (SSSR count). The highest BCUT2D eigenvalue weighted by molar-refractivity contribution is 5.85. The van der Waals surface area contributed by atoms with E-state index in [4.69, 9.17) is 0 Å². The molecule has 92 valence electrons. The molecule has 2 aromatic heterocycles. The summed E-state index contributed by atoms with van der Waals surface area (Å²) in [5.74, 6) is 0. The van der Waals surface area contributed by atoms with Gasteiger partial charge in [0.2, 0.25) is 0 Å². The molecular formula is C15H12N4. The third-order valence-electron chi connectivity index (χ3n) is 2.69. The zero-order valence-corrected chi connectivity index (χ0v) is 10.2. The third kappa shape index (κ3) is 2.74. The maximum atomic E-state index is 4.50. The average Bonchev–Trinajstić information content (AvgIpc) is 2.48. The second kappa shape index (κ2) is 5.27. The van der Waals surface area contributed by atoms with Crippen LogP contribution in [0.25, 0.3) is 10.9 Å². The summed E-state index contributed by atoms with van der Waals surface area (Å²) in [7, 11) is 0. The minimum Gasteiger partial charge on any atom is -0.278 e. The van der Waals surface area contributed by atoms with Gasteiger partial charge in [0.05, 0.1) is 23.1 Å². The summed E-state index contributed by atoms with van der Waals surface area (Å²) >= 11 is 0. The Hall–Kier alpha value is -2.75. The molecule has 0 unspecified atom stereocenters. The van der Waals surface area contributed by atoms with Crippen molar-refractivity contribution in [1.82, 2.24) is 9.97 Å². The van der Waals surface area contributed by atoms with Gasteiger partial charge in [-0.15, -0.1) is 0 Å². The Labute approximate surface area is 110 Å². The second-order valence-corrected chi connectivity index (χ2v) is 4.03. The van der Waals surface area contributed by atoms with E-state index in [0.717, 1.165) is 22.3 Å². The van der Waals surface area contributed by atoms with E-state index in [1.54, 1.807) is 18.6 Å². The third-order valence-corrected chi connectivity index (χ3v) is 2.69. The van der Waals surface area contributed by atoms with E-state index in [0.29, 0.717) is 0 Å². The molecule has 1 aromatic carbocycles. The van der Waals surface area contributed by atoms with Gasteiger partial charge in [-0.25, -0.2) is 4.98 Å². The van der Waals surface area contributed by atoms with E-state index >= 15 is 0 Å². The van der Waals surface area contributed by atoms with Crippen LogP contribution in [0.2, 0.25) is 0 Å². The largest absolute Gasteiger partial charge is 0.278 e. The number of aromatic nitrogens is 2. The molecule has 0 bridgehead atoms. The topological polar surface area (TPSA) is 50.2 Å². The number of hydrogen-bond donors (Lipinski definition) is 1. The highest BCUT2D eigenvalue weighted by Gasteiger charge is 1.94. The van der Waals surface area contributed by atoms with Crippen molar-refractivity contribution in [2.75, 3.05) is 5.43 Å². The molecule has 19 heavy (non-hydrogen) atoms. The number of fused-ring (bicyclic) bond motifs is 1. The van der Waals surface area contributed by atoms with Gasteiger partial charge < -0.3 is 0 Å². The molecule has 0 aliphatic carbocycles. The Balaban J connectivity index is 1.78. The van der Waals surface area contributed by atoms with Crippen molar-refractivity contribution < 1.29 is 0 Å². The number of hydrogen-bond acceptors (Lipinski definition) is 4. The first-order chi connectivity index (χ1) is 9.42. The summed E-state index contributed by atoms with van der Waals surface area (Å²) in [6.07, 6.45) is 5.13. The molecule has 0 aliphatic rings. The van der Waals surface area contributed by atoms with Crippen LogP contribution in [0.5, 0.6) is 0 Å². The maximum Gasteiger partial charge on any atom is 0.0838 e. The van der Waals surface area contributed by atoms with Crippen LogP contribution in [-0.2, 0) is 0 Å². The molecule has 3 aromatic rings. The lowest BCUT2D eigenvalue weighted by molar-refractivity contribution is 1.28. The fraction of sp³-hybridized carbons (Fsp3) is 0. The van der Waals surface area contributed by atoms with Crippen LogP contribution in [0, 0.1) is 0 Å². The number of benzene rings is 1. The molecule has 0 saturated carbocycles. The van der Waals surface area contributed by atoms with Gasteiger partial charge >= 0.3 is 0 Å². The predicted octanol–water partition coefficient (Wildman–Crippen LogP) is 3.08. The van der Waals surface area contributed by atoms with Gasteiger partial charge in [0.15, 0.2) is 0 Å². The van der Waals surface area contributed by atoms with Crippen LogP contribution in [0.3, 0.4) is 0 Å². The zero-order valence-electron chi connectivity index (χ0n) is 10.2. The molecule has 0 atom stereocenters. The lowest BCUT2D eigenvalue weighted by Gasteiger charge is -1.99. The SMILES string of the molecule is C(=NNc1ccncc1)c1ccc2ccccc2n1. The molecule has 1 N–H and O–H groups in total. The lowest BCUT2D eigenvalue weighted by atomic mass is 10.2. The first-order valence-corrected chi connectivity index (χ1v) is 5.97. The Bertz CT molecular complexity index is 707. The van der Waals surface area contributed by atoms with Crippen molar-refractivity contribution in [3.8, 4) is 0 Å². The van der Waals surface area contributed by atoms with Gasteiger partial charge in [-0.1, -0.05) is 24.3 Å². The van der Waals surface area contributed by atoms with Crippen LogP contribution >= 0.6 is 0 Å². The summed E-state index contributed by atoms with van der Waals surface area (Å²) in [4.78, 5) is 8.45. The molecule has 2 heterocycles. The lowest BCUT2D eigenvalue weighted by Crippen LogP contribution is -1.93. The van der Waals surface area contributed by atoms with Gasteiger partial charge in [-0.05, 0) is 24.3 Å². The van der Waals surface area contributed by atoms with Crippen molar-refractivity contribution in [3.63, 3.8) is 0 Å². The quantitative estimate of drug-likeness (QED) is 0.572. The summed E-state index contributed by atoms with van der Waals surface area (Å²) in [6, 6.07) is 15.7. The van der Waals surface area contributed by atoms with Crippen LogP contribution < -0.4 is 5.43 Å².